The van der Waals surface area contributed by atoms with Crippen molar-refractivity contribution in [1.82, 2.24) is 0 Å². The van der Waals surface area contributed by atoms with Gasteiger partial charge in [-0.25, -0.2) is 0 Å². The second-order valence-corrected chi connectivity index (χ2v) is 12.5. The van der Waals surface area contributed by atoms with Gasteiger partial charge in [-0.05, 0) is 64.8 Å². The van der Waals surface area contributed by atoms with Gasteiger partial charge < -0.3 is 0 Å². The minimum atomic E-state index is -0.566. The molecule has 0 unspecified atom stereocenters. The van der Waals surface area contributed by atoms with Crippen molar-refractivity contribution in [3.63, 3.8) is 0 Å². The van der Waals surface area contributed by atoms with Gasteiger partial charge in [0.05, 0.1) is 0 Å². The quantitative estimate of drug-likeness (QED) is 0.278. The lowest BCUT2D eigenvalue weighted by Gasteiger charge is -2.19. The molecule has 32 heavy (non-hydrogen) atoms. The highest BCUT2D eigenvalue weighted by Gasteiger charge is 2.15. The van der Waals surface area contributed by atoms with Gasteiger partial charge >= 0.3 is 0 Å². The van der Waals surface area contributed by atoms with Gasteiger partial charge in [-0.1, -0.05) is 131 Å². The number of benzene rings is 4. The summed E-state index contributed by atoms with van der Waals surface area (Å²) in [6, 6.07) is 36.2. The van der Waals surface area contributed by atoms with Gasteiger partial charge in [0.2, 0.25) is 0 Å². The van der Waals surface area contributed by atoms with E-state index >= 15 is 0 Å². The summed E-state index contributed by atoms with van der Waals surface area (Å²) in [7, 11) is -1.13. The fraction of sp³-hybridized carbons (Fsp3) is 0.133. The summed E-state index contributed by atoms with van der Waals surface area (Å²) in [5.74, 6) is 4.96. The second-order valence-electron chi connectivity index (χ2n) is 8.38. The largest absolute Gasteiger partial charge is 0.0587 e. The highest BCUT2D eigenvalue weighted by atomic mass is 31.1. The Kier molecular flexibility index (Phi) is 7.36. The minimum Gasteiger partial charge on any atom is -0.0587 e. The fourth-order valence-electron chi connectivity index (χ4n) is 3.60. The van der Waals surface area contributed by atoms with E-state index in [0.29, 0.717) is 0 Å². The third kappa shape index (κ3) is 5.63. The average Bonchev–Trinajstić information content (AvgIpc) is 2.80. The van der Waals surface area contributed by atoms with E-state index in [2.05, 4.69) is 136 Å². The highest BCUT2D eigenvalue weighted by Crippen LogP contribution is 2.42. The molecule has 4 aromatic carbocycles. The monoisotopic (exact) mass is 452 g/mol. The molecule has 0 aliphatic heterocycles. The van der Waals surface area contributed by atoms with E-state index in [1.807, 2.05) is 0 Å². The van der Waals surface area contributed by atoms with Crippen molar-refractivity contribution >= 4 is 37.1 Å². The second kappa shape index (κ2) is 10.4. The van der Waals surface area contributed by atoms with Crippen LogP contribution in [0.3, 0.4) is 0 Å². The zero-order valence-electron chi connectivity index (χ0n) is 19.3. The summed E-state index contributed by atoms with van der Waals surface area (Å²) in [6.45, 7) is 8.62. The number of hydrogen-bond donors (Lipinski definition) is 0. The van der Waals surface area contributed by atoms with Crippen LogP contribution in [-0.4, -0.2) is 0 Å². The molecule has 0 spiro atoms. The predicted octanol–water partition coefficient (Wildman–Crippen LogP) is 6.96. The average molecular weight is 453 g/mol. The first-order chi connectivity index (χ1) is 15.5. The lowest BCUT2D eigenvalue weighted by Crippen LogP contribution is -2.12. The molecule has 4 rings (SSSR count). The van der Waals surface area contributed by atoms with Crippen molar-refractivity contribution in [3.8, 4) is 0 Å². The lowest BCUT2D eigenvalue weighted by molar-refractivity contribution is 1.49. The van der Waals surface area contributed by atoms with Crippen LogP contribution < -0.4 is 21.2 Å². The summed E-state index contributed by atoms with van der Waals surface area (Å²) in [5.41, 5.74) is 5.22. The fourth-order valence-corrected chi connectivity index (χ4v) is 7.83. The summed E-state index contributed by atoms with van der Waals surface area (Å²) in [4.78, 5) is 0. The maximum Gasteiger partial charge on any atom is -0.0156 e. The third-order valence-electron chi connectivity index (χ3n) is 5.61. The molecule has 0 atom stereocenters. The van der Waals surface area contributed by atoms with Crippen molar-refractivity contribution in [3.05, 3.63) is 131 Å². The Balaban J connectivity index is 1.77. The summed E-state index contributed by atoms with van der Waals surface area (Å²) in [6.07, 6.45) is 0. The topological polar surface area (TPSA) is 0 Å². The molecule has 0 fully saturated rings. The maximum absolute atomic E-state index is 2.48. The van der Waals surface area contributed by atoms with Gasteiger partial charge in [0.15, 0.2) is 0 Å². The molecule has 4 aromatic rings. The molecule has 0 amide bonds. The molecule has 2 heteroatoms. The zero-order valence-corrected chi connectivity index (χ0v) is 21.1. The lowest BCUT2D eigenvalue weighted by atomic mass is 10.2. The number of aryl methyl sites for hydroxylation is 4. The first-order valence-electron chi connectivity index (χ1n) is 11.0. The molecule has 0 saturated carbocycles. The Morgan fingerprint density at radius 1 is 0.344 bits per heavy atom. The van der Waals surface area contributed by atoms with Crippen LogP contribution in [0.5, 0.6) is 0 Å². The van der Waals surface area contributed by atoms with E-state index in [0.717, 1.165) is 0 Å². The molecule has 0 bridgehead atoms. The van der Waals surface area contributed by atoms with Crippen LogP contribution in [0.25, 0.3) is 0 Å². The third-order valence-corrected chi connectivity index (χ3v) is 10.2. The zero-order chi connectivity index (χ0) is 22.5. The molecular weight excluding hydrogens is 422 g/mol. The molecule has 0 heterocycles. The molecule has 0 radical (unpaired) electrons. The molecule has 0 nitrogen and oxygen atoms in total. The number of rotatable bonds is 6. The van der Waals surface area contributed by atoms with Gasteiger partial charge in [-0.15, -0.1) is 0 Å². The van der Waals surface area contributed by atoms with Gasteiger partial charge in [0.1, 0.15) is 0 Å². The van der Waals surface area contributed by atoms with Gasteiger partial charge in [0.25, 0.3) is 0 Å². The predicted molar refractivity (Wildman–Crippen MR) is 146 cm³/mol. The Hall–Kier alpha value is -2.52. The highest BCUT2D eigenvalue weighted by molar-refractivity contribution is 7.79. The van der Waals surface area contributed by atoms with E-state index in [9.17, 15) is 0 Å². The summed E-state index contributed by atoms with van der Waals surface area (Å²) in [5, 5.41) is 5.59. The van der Waals surface area contributed by atoms with Crippen LogP contribution in [0, 0.1) is 27.7 Å². The van der Waals surface area contributed by atoms with Crippen molar-refractivity contribution in [1.29, 1.82) is 0 Å². The van der Waals surface area contributed by atoms with Gasteiger partial charge in [-0.2, -0.15) is 0 Å². The standard InChI is InChI=1S/C30H30P2/c1-23-5-13-27(14-6-23)31(28-15-7-24(2)8-16-28)21-22-32(29-17-9-25(3)10-18-29)30-19-11-26(4)12-20-30/h5-22H,1-4H3/b22-21-. The Morgan fingerprint density at radius 3 is 0.719 bits per heavy atom. The van der Waals surface area contributed by atoms with Crippen molar-refractivity contribution < 1.29 is 0 Å². The number of hydrogen-bond acceptors (Lipinski definition) is 0. The molecule has 0 N–H and O–H groups in total. The molecule has 0 aliphatic carbocycles. The first kappa shape index (κ1) is 22.7. The molecule has 0 saturated heterocycles. The minimum absolute atomic E-state index is 0.566. The maximum atomic E-state index is 2.48. The Labute approximate surface area is 195 Å². The Morgan fingerprint density at radius 2 is 0.531 bits per heavy atom. The van der Waals surface area contributed by atoms with Gasteiger partial charge in [0, 0.05) is 0 Å². The van der Waals surface area contributed by atoms with Crippen LogP contribution in [0.2, 0.25) is 0 Å². The first-order valence-corrected chi connectivity index (χ1v) is 13.9. The van der Waals surface area contributed by atoms with E-state index < -0.39 is 15.8 Å². The van der Waals surface area contributed by atoms with Crippen LogP contribution >= 0.6 is 15.8 Å². The van der Waals surface area contributed by atoms with Gasteiger partial charge in [-0.3, -0.25) is 0 Å². The molecule has 0 aliphatic rings. The van der Waals surface area contributed by atoms with Crippen LogP contribution in [-0.2, 0) is 0 Å². The van der Waals surface area contributed by atoms with Crippen molar-refractivity contribution in [2.75, 3.05) is 0 Å². The van der Waals surface area contributed by atoms with Crippen molar-refractivity contribution in [2.24, 2.45) is 0 Å². The van der Waals surface area contributed by atoms with Crippen molar-refractivity contribution in [2.45, 2.75) is 27.7 Å². The molecule has 0 aromatic heterocycles. The summed E-state index contributed by atoms with van der Waals surface area (Å²) >= 11 is 0. The summed E-state index contributed by atoms with van der Waals surface area (Å²) < 4.78 is 0. The van der Waals surface area contributed by atoms with Crippen LogP contribution in [0.1, 0.15) is 22.3 Å². The Bertz CT molecular complexity index is 982. The van der Waals surface area contributed by atoms with E-state index in [1.54, 1.807) is 0 Å². The van der Waals surface area contributed by atoms with E-state index in [1.165, 1.54) is 43.5 Å². The SMILES string of the molecule is Cc1ccc(P(/C=C\P(c2ccc(C)cc2)c2ccc(C)cc2)c2ccc(C)cc2)cc1. The van der Waals surface area contributed by atoms with E-state index in [-0.39, 0.29) is 0 Å². The van der Waals surface area contributed by atoms with Crippen LogP contribution in [0.4, 0.5) is 0 Å². The van der Waals surface area contributed by atoms with E-state index in [4.69, 9.17) is 0 Å². The normalized spacial score (nSPS) is 11.6. The molecule has 160 valence electrons. The molecular formula is C30H30P2. The smallest absolute Gasteiger partial charge is 0.0156 e. The van der Waals surface area contributed by atoms with Crippen LogP contribution in [0.15, 0.2) is 109 Å².